The molecule has 1 saturated heterocycles. The van der Waals surface area contributed by atoms with Gasteiger partial charge in [-0.15, -0.1) is 11.3 Å². The van der Waals surface area contributed by atoms with Crippen molar-refractivity contribution >= 4 is 27.2 Å². The SMILES string of the molecule is C=CCOc1ccc2c(C(=O)c3ccc(CN(C)C)c(OC)c3)c(-c3ccc(OCCN4CCCC4)cc3)sc2c1. The fraction of sp³-hybridized carbons (Fsp3) is 0.324. The van der Waals surface area contributed by atoms with Gasteiger partial charge in [-0.05, 0) is 94.1 Å². The minimum Gasteiger partial charge on any atom is -0.496 e. The van der Waals surface area contributed by atoms with E-state index in [0.29, 0.717) is 30.1 Å². The highest BCUT2D eigenvalue weighted by Crippen LogP contribution is 2.42. The average molecular weight is 571 g/mol. The zero-order valence-electron chi connectivity index (χ0n) is 24.2. The van der Waals surface area contributed by atoms with Crippen molar-refractivity contribution in [3.63, 3.8) is 0 Å². The Bertz CT molecular complexity index is 1500. The molecule has 0 saturated carbocycles. The molecule has 0 aliphatic carbocycles. The first kappa shape index (κ1) is 28.9. The Kier molecular flexibility index (Phi) is 9.39. The maximum atomic E-state index is 14.2. The maximum absolute atomic E-state index is 14.2. The highest BCUT2D eigenvalue weighted by atomic mass is 32.1. The third kappa shape index (κ3) is 6.81. The zero-order valence-corrected chi connectivity index (χ0v) is 25.0. The number of carbonyl (C=O) groups excluding carboxylic acids is 1. The number of hydrogen-bond donors (Lipinski definition) is 0. The van der Waals surface area contributed by atoms with Crippen molar-refractivity contribution in [1.82, 2.24) is 9.80 Å². The van der Waals surface area contributed by atoms with Gasteiger partial charge >= 0.3 is 0 Å². The van der Waals surface area contributed by atoms with Gasteiger partial charge in [0.25, 0.3) is 0 Å². The molecule has 0 bridgehead atoms. The summed E-state index contributed by atoms with van der Waals surface area (Å²) in [6.07, 6.45) is 4.28. The Balaban J connectivity index is 1.48. The van der Waals surface area contributed by atoms with Crippen LogP contribution in [-0.4, -0.2) is 69.6 Å². The van der Waals surface area contributed by atoms with Gasteiger partial charge in [-0.25, -0.2) is 0 Å². The van der Waals surface area contributed by atoms with Crippen LogP contribution in [0.5, 0.6) is 17.2 Å². The number of thiophene rings is 1. The third-order valence-corrected chi connectivity index (χ3v) is 8.49. The number of ketones is 1. The van der Waals surface area contributed by atoms with E-state index in [4.69, 9.17) is 14.2 Å². The van der Waals surface area contributed by atoms with Crippen molar-refractivity contribution in [3.05, 3.63) is 90.0 Å². The van der Waals surface area contributed by atoms with Crippen LogP contribution in [0.2, 0.25) is 0 Å². The van der Waals surface area contributed by atoms with Crippen molar-refractivity contribution in [2.75, 3.05) is 54.1 Å². The van der Waals surface area contributed by atoms with E-state index >= 15 is 0 Å². The number of nitrogens with zero attached hydrogens (tertiary/aromatic N) is 2. The highest BCUT2D eigenvalue weighted by Gasteiger charge is 2.23. The molecule has 4 aromatic rings. The molecule has 0 spiro atoms. The molecule has 2 heterocycles. The Morgan fingerprint density at radius 3 is 2.46 bits per heavy atom. The minimum atomic E-state index is -0.0355. The van der Waals surface area contributed by atoms with E-state index in [2.05, 4.69) is 16.4 Å². The lowest BCUT2D eigenvalue weighted by Gasteiger charge is -2.15. The zero-order chi connectivity index (χ0) is 28.8. The lowest BCUT2D eigenvalue weighted by atomic mass is 9.96. The van der Waals surface area contributed by atoms with Gasteiger partial charge in [0.15, 0.2) is 5.78 Å². The normalized spacial score (nSPS) is 13.6. The van der Waals surface area contributed by atoms with Crippen LogP contribution in [0.4, 0.5) is 0 Å². The molecule has 1 aromatic heterocycles. The molecular weight excluding hydrogens is 532 g/mol. The second-order valence-electron chi connectivity index (χ2n) is 10.6. The number of rotatable bonds is 13. The first-order valence-corrected chi connectivity index (χ1v) is 14.9. The van der Waals surface area contributed by atoms with E-state index in [1.807, 2.05) is 74.8 Å². The molecule has 6 nitrogen and oxygen atoms in total. The minimum absolute atomic E-state index is 0.0355. The van der Waals surface area contributed by atoms with E-state index in [-0.39, 0.29) is 5.78 Å². The lowest BCUT2D eigenvalue weighted by Crippen LogP contribution is -2.25. The Morgan fingerprint density at radius 2 is 1.76 bits per heavy atom. The Labute approximate surface area is 246 Å². The van der Waals surface area contributed by atoms with E-state index < -0.39 is 0 Å². The van der Waals surface area contributed by atoms with E-state index in [9.17, 15) is 4.79 Å². The number of benzene rings is 3. The molecule has 1 fully saturated rings. The molecule has 3 aromatic carbocycles. The smallest absolute Gasteiger partial charge is 0.195 e. The number of fused-ring (bicyclic) bond motifs is 1. The molecular formula is C34H38N2O4S. The molecule has 1 aliphatic rings. The molecule has 0 radical (unpaired) electrons. The molecule has 0 unspecified atom stereocenters. The van der Waals surface area contributed by atoms with Gasteiger partial charge in [0, 0.05) is 44.7 Å². The summed E-state index contributed by atoms with van der Waals surface area (Å²) in [5.74, 6) is 2.26. The number of carbonyl (C=O) groups is 1. The number of hydrogen-bond acceptors (Lipinski definition) is 7. The van der Waals surface area contributed by atoms with Crippen molar-refractivity contribution < 1.29 is 19.0 Å². The average Bonchev–Trinajstić information content (AvgIpc) is 3.64. The predicted octanol–water partition coefficient (Wildman–Crippen LogP) is 6.91. The molecule has 7 heteroatoms. The largest absolute Gasteiger partial charge is 0.496 e. The molecule has 5 rings (SSSR count). The summed E-state index contributed by atoms with van der Waals surface area (Å²) in [4.78, 5) is 19.6. The quantitative estimate of drug-likeness (QED) is 0.129. The number of likely N-dealkylation sites (tertiary alicyclic amines) is 1. The standard InChI is InChI=1S/C34H38N2O4S/c1-5-19-39-28-14-15-29-31(22-28)41-34(24-10-12-27(13-11-24)40-20-18-36-16-6-7-17-36)32(29)33(37)25-8-9-26(23-35(2)3)30(21-25)38-4/h5,8-15,21-22H,1,6-7,16-20,23H2,2-4H3. The fourth-order valence-electron chi connectivity index (χ4n) is 5.25. The van der Waals surface area contributed by atoms with Crippen LogP contribution in [0.3, 0.4) is 0 Å². The molecule has 41 heavy (non-hydrogen) atoms. The number of methoxy groups -OCH3 is 1. The first-order valence-electron chi connectivity index (χ1n) is 14.1. The van der Waals surface area contributed by atoms with E-state index in [1.165, 1.54) is 12.8 Å². The third-order valence-electron chi connectivity index (χ3n) is 7.28. The predicted molar refractivity (Wildman–Crippen MR) is 168 cm³/mol. The van der Waals surface area contributed by atoms with Crippen LogP contribution in [0, 0.1) is 0 Å². The van der Waals surface area contributed by atoms with Crippen molar-refractivity contribution in [2.24, 2.45) is 0 Å². The fourth-order valence-corrected chi connectivity index (χ4v) is 6.49. The molecule has 0 N–H and O–H groups in total. The Hall–Kier alpha value is -3.65. The molecule has 214 valence electrons. The van der Waals surface area contributed by atoms with Crippen molar-refractivity contribution in [3.8, 4) is 27.7 Å². The van der Waals surface area contributed by atoms with Crippen LogP contribution in [-0.2, 0) is 6.54 Å². The lowest BCUT2D eigenvalue weighted by molar-refractivity contribution is 0.104. The van der Waals surface area contributed by atoms with Crippen LogP contribution < -0.4 is 14.2 Å². The van der Waals surface area contributed by atoms with Gasteiger partial charge in [-0.2, -0.15) is 0 Å². The van der Waals surface area contributed by atoms with Gasteiger partial charge in [0.2, 0.25) is 0 Å². The second kappa shape index (κ2) is 13.3. The summed E-state index contributed by atoms with van der Waals surface area (Å²) in [6.45, 7) is 8.84. The summed E-state index contributed by atoms with van der Waals surface area (Å²) in [7, 11) is 5.67. The summed E-state index contributed by atoms with van der Waals surface area (Å²) in [5, 5.41) is 0.906. The summed E-state index contributed by atoms with van der Waals surface area (Å²) >= 11 is 1.60. The van der Waals surface area contributed by atoms with Crippen LogP contribution in [0.1, 0.15) is 34.3 Å². The summed E-state index contributed by atoms with van der Waals surface area (Å²) < 4.78 is 18.5. The highest BCUT2D eigenvalue weighted by molar-refractivity contribution is 7.22. The van der Waals surface area contributed by atoms with Gasteiger partial charge in [0.1, 0.15) is 30.5 Å². The monoisotopic (exact) mass is 570 g/mol. The molecule has 0 atom stereocenters. The van der Waals surface area contributed by atoms with Gasteiger partial charge < -0.3 is 19.1 Å². The first-order chi connectivity index (χ1) is 20.0. The number of ether oxygens (including phenoxy) is 3. The molecule has 0 amide bonds. The van der Waals surface area contributed by atoms with Gasteiger partial charge in [0.05, 0.1) is 7.11 Å². The maximum Gasteiger partial charge on any atom is 0.195 e. The topological polar surface area (TPSA) is 51.2 Å². The van der Waals surface area contributed by atoms with Gasteiger partial charge in [-0.1, -0.05) is 24.8 Å². The Morgan fingerprint density at radius 1 is 1.00 bits per heavy atom. The summed E-state index contributed by atoms with van der Waals surface area (Å²) in [5.41, 5.74) is 3.30. The summed E-state index contributed by atoms with van der Waals surface area (Å²) in [6, 6.07) is 19.7. The second-order valence-corrected chi connectivity index (χ2v) is 11.6. The van der Waals surface area contributed by atoms with Gasteiger partial charge in [-0.3, -0.25) is 9.69 Å². The van der Waals surface area contributed by atoms with Crippen LogP contribution in [0.25, 0.3) is 20.5 Å². The molecule has 1 aliphatic heterocycles. The van der Waals surface area contributed by atoms with E-state index in [1.54, 1.807) is 24.5 Å². The van der Waals surface area contributed by atoms with E-state index in [0.717, 1.165) is 63.8 Å². The van der Waals surface area contributed by atoms with Crippen LogP contribution in [0.15, 0.2) is 73.3 Å². The van der Waals surface area contributed by atoms with Crippen LogP contribution >= 0.6 is 11.3 Å². The van der Waals surface area contributed by atoms with Crippen molar-refractivity contribution in [2.45, 2.75) is 19.4 Å². The van der Waals surface area contributed by atoms with Crippen molar-refractivity contribution in [1.29, 1.82) is 0 Å².